The van der Waals surface area contributed by atoms with Crippen LogP contribution < -0.4 is 0 Å². The molecule has 0 spiro atoms. The summed E-state index contributed by atoms with van der Waals surface area (Å²) in [5.41, 5.74) is 0. The van der Waals surface area contributed by atoms with E-state index in [9.17, 15) is 58.9 Å². The van der Waals surface area contributed by atoms with Crippen molar-refractivity contribution in [1.29, 1.82) is 0 Å². The molecule has 17 nitrogen and oxygen atoms in total. The van der Waals surface area contributed by atoms with E-state index in [4.69, 9.17) is 18.5 Å². The number of aliphatic hydroxyl groups excluding tert-OH is 5. The highest BCUT2D eigenvalue weighted by atomic mass is 31.2. The molecule has 0 aromatic heterocycles. The lowest BCUT2D eigenvalue weighted by molar-refractivity contribution is -0.216. The van der Waals surface area contributed by atoms with Gasteiger partial charge in [0.05, 0.1) is 12.7 Å². The lowest BCUT2D eigenvalue weighted by Crippen LogP contribution is -2.64. The zero-order chi connectivity index (χ0) is 49.1. The number of phosphoric acid groups is 2. The Morgan fingerprint density at radius 2 is 1.06 bits per heavy atom. The van der Waals surface area contributed by atoms with Crippen molar-refractivity contribution in [2.45, 2.75) is 210 Å². The molecule has 0 saturated heterocycles. The Morgan fingerprint density at radius 3 is 1.68 bits per heavy atom. The van der Waals surface area contributed by atoms with Crippen molar-refractivity contribution >= 4 is 27.6 Å². The highest BCUT2D eigenvalue weighted by Crippen LogP contribution is 2.49. The topological polar surface area (TPSA) is 276 Å². The zero-order valence-electron chi connectivity index (χ0n) is 39.2. The number of carbonyl (C=O) groups excluding carboxylic acids is 2. The fourth-order valence-electron chi connectivity index (χ4n) is 6.89. The van der Waals surface area contributed by atoms with E-state index in [1.54, 1.807) is 12.2 Å². The quantitative estimate of drug-likeness (QED) is 0.00951. The van der Waals surface area contributed by atoms with Crippen LogP contribution >= 0.6 is 15.6 Å². The predicted octanol–water partition coefficient (Wildman–Crippen LogP) is 8.03. The van der Waals surface area contributed by atoms with Crippen LogP contribution in [0, 0.1) is 0 Å². The molecule has 66 heavy (non-hydrogen) atoms. The summed E-state index contributed by atoms with van der Waals surface area (Å²) in [6.07, 6.45) is 24.8. The van der Waals surface area contributed by atoms with Gasteiger partial charge in [0.15, 0.2) is 6.10 Å². The number of rotatable bonds is 39. The Kier molecular flexibility index (Phi) is 35.1. The van der Waals surface area contributed by atoms with Crippen LogP contribution in [0.2, 0.25) is 0 Å². The maximum atomic E-state index is 13.0. The number of allylic oxidation sites excluding steroid dienone is 9. The first-order valence-electron chi connectivity index (χ1n) is 23.9. The van der Waals surface area contributed by atoms with Crippen molar-refractivity contribution < 1.29 is 82.0 Å². The van der Waals surface area contributed by atoms with Crippen LogP contribution in [-0.4, -0.2) is 114 Å². The van der Waals surface area contributed by atoms with Crippen LogP contribution in [0.3, 0.4) is 0 Å². The number of hydrogen-bond acceptors (Lipinski definition) is 14. The molecule has 0 aromatic carbocycles. The second-order valence-electron chi connectivity index (χ2n) is 16.7. The van der Waals surface area contributed by atoms with Crippen molar-refractivity contribution in [3.05, 3.63) is 60.8 Å². The molecule has 0 heterocycles. The minimum atomic E-state index is -5.39. The lowest BCUT2D eigenvalue weighted by Gasteiger charge is -2.43. The number of carbonyl (C=O) groups is 2. The number of hydrogen-bond donors (Lipinski definition) is 8. The molecule has 5 unspecified atom stereocenters. The fourth-order valence-corrected chi connectivity index (χ4v) is 8.43. The zero-order valence-corrected chi connectivity index (χ0v) is 41.0. The van der Waals surface area contributed by atoms with Crippen LogP contribution in [-0.2, 0) is 41.8 Å². The molecule has 1 fully saturated rings. The van der Waals surface area contributed by atoms with Crippen LogP contribution in [0.25, 0.3) is 0 Å². The summed E-state index contributed by atoms with van der Waals surface area (Å²) in [6.45, 7) is 2.89. The van der Waals surface area contributed by atoms with Gasteiger partial charge in [0, 0.05) is 12.8 Å². The van der Waals surface area contributed by atoms with Crippen LogP contribution in [0.15, 0.2) is 60.8 Å². The summed E-state index contributed by atoms with van der Waals surface area (Å²) >= 11 is 0. The average Bonchev–Trinajstić information content (AvgIpc) is 3.26. The molecular formula is C47H82O17P2. The maximum Gasteiger partial charge on any atom is 0.472 e. The van der Waals surface area contributed by atoms with Gasteiger partial charge in [0.25, 0.3) is 0 Å². The summed E-state index contributed by atoms with van der Waals surface area (Å²) in [5.74, 6) is -1.42. The van der Waals surface area contributed by atoms with Crippen molar-refractivity contribution in [2.24, 2.45) is 0 Å². The van der Waals surface area contributed by atoms with E-state index in [-0.39, 0.29) is 25.7 Å². The summed E-state index contributed by atoms with van der Waals surface area (Å²) in [5, 5.41) is 51.5. The van der Waals surface area contributed by atoms with Gasteiger partial charge in [-0.05, 0) is 70.6 Å². The van der Waals surface area contributed by atoms with Gasteiger partial charge in [-0.15, -0.1) is 0 Å². The molecule has 0 amide bonds. The van der Waals surface area contributed by atoms with Gasteiger partial charge < -0.3 is 49.7 Å². The van der Waals surface area contributed by atoms with Gasteiger partial charge in [-0.25, -0.2) is 9.13 Å². The molecule has 1 aliphatic carbocycles. The summed E-state index contributed by atoms with van der Waals surface area (Å²) < 4.78 is 49.2. The fraction of sp³-hybridized carbons (Fsp3) is 0.745. The van der Waals surface area contributed by atoms with Crippen molar-refractivity contribution in [2.75, 3.05) is 13.2 Å². The average molecular weight is 981 g/mol. The summed E-state index contributed by atoms with van der Waals surface area (Å²) in [7, 11) is -10.7. The molecule has 19 heteroatoms. The lowest BCUT2D eigenvalue weighted by atomic mass is 9.85. The van der Waals surface area contributed by atoms with Crippen molar-refractivity contribution in [1.82, 2.24) is 0 Å². The first kappa shape index (κ1) is 61.7. The van der Waals surface area contributed by atoms with Gasteiger partial charge in [0.1, 0.15) is 43.2 Å². The second-order valence-corrected chi connectivity index (χ2v) is 19.3. The Labute approximate surface area is 392 Å². The van der Waals surface area contributed by atoms with E-state index in [0.29, 0.717) is 6.42 Å². The number of phosphoric ester groups is 2. The van der Waals surface area contributed by atoms with E-state index in [0.717, 1.165) is 70.6 Å². The van der Waals surface area contributed by atoms with Crippen LogP contribution in [0.4, 0.5) is 0 Å². The van der Waals surface area contributed by atoms with Gasteiger partial charge in [-0.1, -0.05) is 139 Å². The largest absolute Gasteiger partial charge is 0.472 e. The SMILES string of the molecule is CCCCC/C=C\C/C=C\C/C=C\C=C\[C@@H](O)CCCC(=O)OC[C@H](COP(=O)(O)O[C@H]1C(O)C(O)C(O)[C@@H](OP(=O)(O)O)C1O)OC(=O)CCCCCCCCC/C=C\CCCCCC. The molecule has 9 atom stereocenters. The highest BCUT2D eigenvalue weighted by molar-refractivity contribution is 7.47. The third kappa shape index (κ3) is 31.7. The minimum absolute atomic E-state index is 0.00341. The molecule has 1 aliphatic rings. The first-order valence-corrected chi connectivity index (χ1v) is 27.0. The smallest absolute Gasteiger partial charge is 0.462 e. The van der Waals surface area contributed by atoms with E-state index < -0.39 is 89.6 Å². The molecule has 8 N–H and O–H groups in total. The molecule has 0 aromatic rings. The molecule has 0 bridgehead atoms. The summed E-state index contributed by atoms with van der Waals surface area (Å²) in [4.78, 5) is 54.3. The third-order valence-corrected chi connectivity index (χ3v) is 12.2. The van der Waals surface area contributed by atoms with E-state index in [2.05, 4.69) is 54.8 Å². The third-order valence-electron chi connectivity index (χ3n) is 10.7. The van der Waals surface area contributed by atoms with E-state index in [1.807, 2.05) is 12.2 Å². The maximum absolute atomic E-state index is 13.0. The van der Waals surface area contributed by atoms with E-state index in [1.165, 1.54) is 44.9 Å². The molecular weight excluding hydrogens is 898 g/mol. The highest BCUT2D eigenvalue weighted by Gasteiger charge is 2.54. The summed E-state index contributed by atoms with van der Waals surface area (Å²) in [6, 6.07) is 0. The Hall–Kier alpha value is -2.34. The Balaban J connectivity index is 2.68. The van der Waals surface area contributed by atoms with E-state index >= 15 is 0 Å². The first-order chi connectivity index (χ1) is 31.5. The number of aliphatic hydroxyl groups is 5. The molecule has 382 valence electrons. The Bertz CT molecular complexity index is 1530. The van der Waals surface area contributed by atoms with Crippen molar-refractivity contribution in [3.63, 3.8) is 0 Å². The van der Waals surface area contributed by atoms with Gasteiger partial charge in [-0.2, -0.15) is 0 Å². The standard InChI is InChI=1S/C47H82O17P2/c1-3-5-7-9-11-13-15-17-18-20-22-24-26-28-30-34-41(50)62-39(37-61-66(58,59)64-47-44(53)42(51)43(52)46(45(47)54)63-65(55,56)57)36-60-40(49)35-31-33-38(48)32-29-27-25-23-21-19-16-14-12-10-8-6-4-2/h12-15,19,21,25,27,29,32,38-39,42-48,51-54H,3-11,16-18,20,22-24,26,28,30-31,33-37H2,1-2H3,(H,58,59)(H2,55,56,57)/b14-12-,15-13-,21-19-,27-25-,32-29+/t38-,39-,42?,43?,44?,45?,46-,47+/m1/s1. The van der Waals surface area contributed by atoms with Crippen LogP contribution in [0.1, 0.15) is 162 Å². The molecule has 0 aliphatic heterocycles. The number of esters is 2. The Morgan fingerprint density at radius 1 is 0.561 bits per heavy atom. The second kappa shape index (κ2) is 37.5. The van der Waals surface area contributed by atoms with Gasteiger partial charge >= 0.3 is 27.6 Å². The van der Waals surface area contributed by atoms with Crippen molar-refractivity contribution in [3.8, 4) is 0 Å². The van der Waals surface area contributed by atoms with Crippen LogP contribution in [0.5, 0.6) is 0 Å². The molecule has 1 rings (SSSR count). The minimum Gasteiger partial charge on any atom is -0.462 e. The molecule has 0 radical (unpaired) electrons. The molecule has 1 saturated carbocycles. The van der Waals surface area contributed by atoms with Gasteiger partial charge in [0.2, 0.25) is 0 Å². The number of ether oxygens (including phenoxy) is 2. The predicted molar refractivity (Wildman–Crippen MR) is 252 cm³/mol. The normalized spacial score (nSPS) is 22.5. The number of unbranched alkanes of at least 4 members (excludes halogenated alkanes) is 14. The monoisotopic (exact) mass is 981 g/mol. The van der Waals surface area contributed by atoms with Gasteiger partial charge in [-0.3, -0.25) is 23.2 Å².